The third-order valence-electron chi connectivity index (χ3n) is 4.13. The van der Waals surface area contributed by atoms with Crippen LogP contribution in [0.25, 0.3) is 0 Å². The molecule has 0 aromatic heterocycles. The molecule has 0 atom stereocenters. The molecule has 0 saturated heterocycles. The van der Waals surface area contributed by atoms with Crippen LogP contribution in [0, 0.1) is 17.3 Å². The van der Waals surface area contributed by atoms with Crippen LogP contribution in [0.1, 0.15) is 49.0 Å². The zero-order valence-electron chi connectivity index (χ0n) is 14.1. The number of carbonyl (C=O) groups is 1. The molecule has 1 aliphatic carbocycles. The highest BCUT2D eigenvalue weighted by Crippen LogP contribution is 2.40. The number of aliphatic hydroxyl groups is 1. The first-order chi connectivity index (χ1) is 10.8. The van der Waals surface area contributed by atoms with E-state index in [2.05, 4.69) is 17.2 Å². The summed E-state index contributed by atoms with van der Waals surface area (Å²) >= 11 is 0. The fraction of sp³-hybridized carbons (Fsp3) is 0.526. The van der Waals surface area contributed by atoms with E-state index in [9.17, 15) is 9.90 Å². The topological polar surface area (TPSA) is 58.6 Å². The summed E-state index contributed by atoms with van der Waals surface area (Å²) in [7, 11) is 1.70. The van der Waals surface area contributed by atoms with E-state index in [0.717, 1.165) is 18.4 Å². The molecule has 0 heterocycles. The molecule has 1 fully saturated rings. The van der Waals surface area contributed by atoms with E-state index in [0.29, 0.717) is 18.7 Å². The van der Waals surface area contributed by atoms with Gasteiger partial charge in [0.1, 0.15) is 5.60 Å². The van der Waals surface area contributed by atoms with Crippen molar-refractivity contribution in [2.24, 2.45) is 5.41 Å². The predicted octanol–water partition coefficient (Wildman–Crippen LogP) is 2.36. The number of ether oxygens (including phenoxy) is 1. The standard InChI is InChI=1S/C19H25NO3/c1-18(2,22)11-8-15-6-4-7-16(12-15)17(21)20-13-19(14-23-3)9-5-10-19/h4,6-7,12,22H,5,9-10,13-14H2,1-3H3,(H,20,21). The van der Waals surface area contributed by atoms with Gasteiger partial charge in [-0.05, 0) is 44.9 Å². The lowest BCUT2D eigenvalue weighted by Crippen LogP contribution is -2.45. The quantitative estimate of drug-likeness (QED) is 0.820. The number of nitrogens with one attached hydrogen (secondary N) is 1. The fourth-order valence-corrected chi connectivity index (χ4v) is 2.69. The van der Waals surface area contributed by atoms with Gasteiger partial charge in [-0.15, -0.1) is 0 Å². The van der Waals surface area contributed by atoms with Crippen LogP contribution in [0.5, 0.6) is 0 Å². The molecule has 2 N–H and O–H groups in total. The van der Waals surface area contributed by atoms with E-state index in [-0.39, 0.29) is 11.3 Å². The number of methoxy groups -OCH3 is 1. The number of carbonyl (C=O) groups excluding carboxylic acids is 1. The van der Waals surface area contributed by atoms with Gasteiger partial charge in [-0.3, -0.25) is 4.79 Å². The summed E-state index contributed by atoms with van der Waals surface area (Å²) in [5.41, 5.74) is 0.354. The molecule has 1 amide bonds. The van der Waals surface area contributed by atoms with Crippen LogP contribution in [-0.4, -0.2) is 36.9 Å². The Labute approximate surface area is 138 Å². The lowest BCUT2D eigenvalue weighted by molar-refractivity contribution is 0.0180. The Morgan fingerprint density at radius 3 is 2.74 bits per heavy atom. The Bertz CT molecular complexity index is 615. The van der Waals surface area contributed by atoms with Crippen molar-refractivity contribution in [3.8, 4) is 11.8 Å². The molecule has 0 spiro atoms. The van der Waals surface area contributed by atoms with Crippen LogP contribution in [0.3, 0.4) is 0 Å². The van der Waals surface area contributed by atoms with Crippen LogP contribution >= 0.6 is 0 Å². The van der Waals surface area contributed by atoms with Crippen LogP contribution in [0.2, 0.25) is 0 Å². The Morgan fingerprint density at radius 2 is 2.17 bits per heavy atom. The number of rotatable bonds is 5. The molecule has 0 radical (unpaired) electrons. The summed E-state index contributed by atoms with van der Waals surface area (Å²) in [6.07, 6.45) is 3.39. The van der Waals surface area contributed by atoms with Gasteiger partial charge in [0.2, 0.25) is 0 Å². The predicted molar refractivity (Wildman–Crippen MR) is 90.1 cm³/mol. The summed E-state index contributed by atoms with van der Waals surface area (Å²) in [4.78, 5) is 12.3. The smallest absolute Gasteiger partial charge is 0.251 e. The van der Waals surface area contributed by atoms with E-state index in [1.807, 2.05) is 6.07 Å². The van der Waals surface area contributed by atoms with Crippen molar-refractivity contribution in [1.82, 2.24) is 5.32 Å². The van der Waals surface area contributed by atoms with Gasteiger partial charge in [0, 0.05) is 30.2 Å². The Balaban J connectivity index is 2.01. The van der Waals surface area contributed by atoms with Gasteiger partial charge in [-0.25, -0.2) is 0 Å². The molecular weight excluding hydrogens is 290 g/mol. The van der Waals surface area contributed by atoms with Gasteiger partial charge >= 0.3 is 0 Å². The van der Waals surface area contributed by atoms with E-state index in [1.165, 1.54) is 6.42 Å². The second kappa shape index (κ2) is 7.16. The summed E-state index contributed by atoms with van der Waals surface area (Å²) in [6.45, 7) is 4.58. The minimum atomic E-state index is -1.05. The molecule has 1 saturated carbocycles. The fourth-order valence-electron chi connectivity index (χ4n) is 2.69. The van der Waals surface area contributed by atoms with Crippen molar-refractivity contribution in [3.05, 3.63) is 35.4 Å². The van der Waals surface area contributed by atoms with E-state index >= 15 is 0 Å². The lowest BCUT2D eigenvalue weighted by Gasteiger charge is -2.41. The zero-order valence-corrected chi connectivity index (χ0v) is 14.1. The first-order valence-electron chi connectivity index (χ1n) is 7.96. The summed E-state index contributed by atoms with van der Waals surface area (Å²) in [5.74, 6) is 5.55. The highest BCUT2D eigenvalue weighted by molar-refractivity contribution is 5.94. The third kappa shape index (κ3) is 5.09. The number of benzene rings is 1. The molecule has 1 aliphatic rings. The van der Waals surface area contributed by atoms with Gasteiger partial charge in [0.05, 0.1) is 6.61 Å². The Hall–Kier alpha value is -1.83. The molecule has 124 valence electrons. The number of amides is 1. The maximum Gasteiger partial charge on any atom is 0.251 e. The van der Waals surface area contributed by atoms with Crippen LogP contribution < -0.4 is 5.32 Å². The number of hydrogen-bond acceptors (Lipinski definition) is 3. The first kappa shape index (κ1) is 17.5. The minimum absolute atomic E-state index is 0.0979. The maximum atomic E-state index is 12.3. The van der Waals surface area contributed by atoms with Crippen molar-refractivity contribution < 1.29 is 14.6 Å². The molecule has 0 unspecified atom stereocenters. The summed E-state index contributed by atoms with van der Waals surface area (Å²) < 4.78 is 5.28. The molecule has 0 bridgehead atoms. The lowest BCUT2D eigenvalue weighted by atomic mass is 9.69. The van der Waals surface area contributed by atoms with Gasteiger partial charge in [-0.2, -0.15) is 0 Å². The monoisotopic (exact) mass is 315 g/mol. The van der Waals surface area contributed by atoms with Gasteiger partial charge < -0.3 is 15.2 Å². The van der Waals surface area contributed by atoms with Gasteiger partial charge in [-0.1, -0.05) is 24.3 Å². The Kier molecular flexibility index (Phi) is 5.46. The minimum Gasteiger partial charge on any atom is -0.384 e. The van der Waals surface area contributed by atoms with Crippen molar-refractivity contribution in [2.45, 2.75) is 38.7 Å². The average Bonchev–Trinajstić information content (AvgIpc) is 2.47. The second-order valence-electron chi connectivity index (χ2n) is 6.86. The van der Waals surface area contributed by atoms with Crippen molar-refractivity contribution in [1.29, 1.82) is 0 Å². The maximum absolute atomic E-state index is 12.3. The van der Waals surface area contributed by atoms with Crippen LogP contribution in [-0.2, 0) is 4.74 Å². The van der Waals surface area contributed by atoms with E-state index < -0.39 is 5.60 Å². The Morgan fingerprint density at radius 1 is 1.43 bits per heavy atom. The zero-order chi connectivity index (χ0) is 16.9. The molecule has 0 aliphatic heterocycles. The molecule has 4 nitrogen and oxygen atoms in total. The summed E-state index contributed by atoms with van der Waals surface area (Å²) in [6, 6.07) is 7.15. The third-order valence-corrected chi connectivity index (χ3v) is 4.13. The largest absolute Gasteiger partial charge is 0.384 e. The average molecular weight is 315 g/mol. The van der Waals surface area contributed by atoms with Gasteiger partial charge in [0.15, 0.2) is 0 Å². The molecule has 1 aromatic carbocycles. The van der Waals surface area contributed by atoms with E-state index in [1.54, 1.807) is 39.2 Å². The second-order valence-corrected chi connectivity index (χ2v) is 6.86. The molecular formula is C19H25NO3. The normalized spacial score (nSPS) is 16.0. The molecule has 2 rings (SSSR count). The summed E-state index contributed by atoms with van der Waals surface area (Å²) in [5, 5.41) is 12.7. The molecule has 4 heteroatoms. The number of hydrogen-bond donors (Lipinski definition) is 2. The van der Waals surface area contributed by atoms with Crippen LogP contribution in [0.15, 0.2) is 24.3 Å². The van der Waals surface area contributed by atoms with E-state index in [4.69, 9.17) is 4.74 Å². The van der Waals surface area contributed by atoms with Crippen molar-refractivity contribution in [3.63, 3.8) is 0 Å². The highest BCUT2D eigenvalue weighted by Gasteiger charge is 2.37. The first-order valence-corrected chi connectivity index (χ1v) is 7.96. The SMILES string of the molecule is COCC1(CNC(=O)c2cccc(C#CC(C)(C)O)c2)CCC1. The van der Waals surface area contributed by atoms with Crippen molar-refractivity contribution >= 4 is 5.91 Å². The van der Waals surface area contributed by atoms with Crippen molar-refractivity contribution in [2.75, 3.05) is 20.3 Å². The molecule has 1 aromatic rings. The van der Waals surface area contributed by atoms with Gasteiger partial charge in [0.25, 0.3) is 5.91 Å². The highest BCUT2D eigenvalue weighted by atomic mass is 16.5. The molecule has 23 heavy (non-hydrogen) atoms. The van der Waals surface area contributed by atoms with Crippen LogP contribution in [0.4, 0.5) is 0 Å².